The second-order valence-corrected chi connectivity index (χ2v) is 2.25. The van der Waals surface area contributed by atoms with Crippen LogP contribution >= 0.6 is 0 Å². The average Bonchev–Trinajstić information content (AvgIpc) is 1.82. The Bertz CT molecular complexity index is 93.8. The molecule has 0 rings (SSSR count). The molecule has 0 saturated carbocycles. The van der Waals surface area contributed by atoms with Gasteiger partial charge in [-0.3, -0.25) is 10.1 Å². The van der Waals surface area contributed by atoms with E-state index in [2.05, 4.69) is 0 Å². The lowest BCUT2D eigenvalue weighted by atomic mass is 10.3. The van der Waals surface area contributed by atoms with Crippen molar-refractivity contribution in [2.24, 2.45) is 0 Å². The van der Waals surface area contributed by atoms with Crippen molar-refractivity contribution in [1.29, 1.82) is 0 Å². The van der Waals surface area contributed by atoms with Gasteiger partial charge in [0.1, 0.15) is 16.6 Å². The van der Waals surface area contributed by atoms with Crippen molar-refractivity contribution in [2.45, 2.75) is 19.4 Å². The zero-order valence-corrected chi connectivity index (χ0v) is 7.66. The molecule has 5 heteroatoms. The van der Waals surface area contributed by atoms with Crippen LogP contribution in [0, 0.1) is 10.1 Å². The highest BCUT2D eigenvalue weighted by Gasteiger charge is 2.09. The van der Waals surface area contributed by atoms with Crippen molar-refractivity contribution in [1.82, 2.24) is 0 Å². The van der Waals surface area contributed by atoms with E-state index in [1.165, 1.54) is 0 Å². The lowest BCUT2D eigenvalue weighted by molar-refractivity contribution is -0.489. The molecule has 0 aliphatic carbocycles. The molecule has 0 aliphatic heterocycles. The highest BCUT2D eigenvalue weighted by Crippen LogP contribution is 1.94. The van der Waals surface area contributed by atoms with E-state index in [-0.39, 0.29) is 17.6 Å². The molecule has 0 amide bonds. The number of hydrogen-bond acceptors (Lipinski definition) is 3. The Morgan fingerprint density at radius 3 is 2.56 bits per heavy atom. The molecular formula is C4H11NO3Si. The van der Waals surface area contributed by atoms with Gasteiger partial charge >= 0.3 is 0 Å². The first-order valence-electron chi connectivity index (χ1n) is 2.85. The smallest absolute Gasteiger partial charge is 0.228 e. The van der Waals surface area contributed by atoms with Crippen LogP contribution in [-0.2, 0) is 4.43 Å². The van der Waals surface area contributed by atoms with E-state index in [4.69, 9.17) is 4.43 Å². The van der Waals surface area contributed by atoms with Gasteiger partial charge in [0.25, 0.3) is 0 Å². The van der Waals surface area contributed by atoms with Gasteiger partial charge in [-0.15, -0.1) is 0 Å². The molecule has 1 unspecified atom stereocenters. The molecule has 0 fully saturated rings. The molecule has 9 heavy (non-hydrogen) atoms. The highest BCUT2D eigenvalue weighted by atomic mass is 28.2. The molecule has 0 N–H and O–H groups in total. The minimum absolute atomic E-state index is 0.0556. The maximum atomic E-state index is 9.87. The fourth-order valence-electron chi connectivity index (χ4n) is 0.537. The Kier molecular flexibility index (Phi) is 4.25. The Balaban J connectivity index is 3.43. The fraction of sp³-hybridized carbons (Fsp3) is 1.00. The molecule has 0 heterocycles. The van der Waals surface area contributed by atoms with Gasteiger partial charge in [-0.1, -0.05) is 6.92 Å². The highest BCUT2D eigenvalue weighted by molar-refractivity contribution is 5.98. The second kappa shape index (κ2) is 4.46. The van der Waals surface area contributed by atoms with Crippen molar-refractivity contribution in [3.8, 4) is 0 Å². The van der Waals surface area contributed by atoms with E-state index in [0.29, 0.717) is 10.5 Å². The molecule has 54 valence electrons. The molecule has 0 radical (unpaired) electrons. The van der Waals surface area contributed by atoms with Crippen molar-refractivity contribution >= 4 is 10.5 Å². The van der Waals surface area contributed by atoms with Crippen molar-refractivity contribution < 1.29 is 9.35 Å². The number of nitrogens with zero attached hydrogens (tertiary/aromatic N) is 1. The van der Waals surface area contributed by atoms with Crippen LogP contribution in [0.2, 0.25) is 0 Å². The standard InChI is InChI=1S/C4H11NO3Si/c1-2-4(8-9)3-5(6)7/h4H,2-3H2,1,9H3. The molecular weight excluding hydrogens is 138 g/mol. The van der Waals surface area contributed by atoms with Crippen molar-refractivity contribution in [2.75, 3.05) is 6.54 Å². The first-order chi connectivity index (χ1) is 4.20. The Hall–Kier alpha value is -0.423. The summed E-state index contributed by atoms with van der Waals surface area (Å²) in [7, 11) is 0.583. The van der Waals surface area contributed by atoms with E-state index in [9.17, 15) is 10.1 Å². The largest absolute Gasteiger partial charge is 0.418 e. The molecule has 0 aromatic heterocycles. The van der Waals surface area contributed by atoms with Crippen LogP contribution in [0.1, 0.15) is 13.3 Å². The maximum absolute atomic E-state index is 9.87. The monoisotopic (exact) mass is 149 g/mol. The van der Waals surface area contributed by atoms with Gasteiger partial charge in [0.15, 0.2) is 0 Å². The van der Waals surface area contributed by atoms with Crippen LogP contribution < -0.4 is 0 Å². The molecule has 0 aromatic carbocycles. The summed E-state index contributed by atoms with van der Waals surface area (Å²) in [6.45, 7) is 1.83. The lowest BCUT2D eigenvalue weighted by Gasteiger charge is -2.06. The van der Waals surface area contributed by atoms with Crippen LogP contribution in [-0.4, -0.2) is 28.1 Å². The van der Waals surface area contributed by atoms with E-state index in [1.807, 2.05) is 6.92 Å². The van der Waals surface area contributed by atoms with Gasteiger partial charge in [-0.2, -0.15) is 0 Å². The van der Waals surface area contributed by atoms with Gasteiger partial charge in [0.2, 0.25) is 6.54 Å². The van der Waals surface area contributed by atoms with E-state index in [0.717, 1.165) is 6.42 Å². The summed E-state index contributed by atoms with van der Waals surface area (Å²) in [4.78, 5) is 9.53. The summed E-state index contributed by atoms with van der Waals surface area (Å²) in [5.74, 6) is 0. The van der Waals surface area contributed by atoms with E-state index in [1.54, 1.807) is 0 Å². The predicted octanol–water partition coefficient (Wildman–Crippen LogP) is -0.661. The van der Waals surface area contributed by atoms with E-state index < -0.39 is 0 Å². The summed E-state index contributed by atoms with van der Waals surface area (Å²) in [6.07, 6.45) is 0.566. The maximum Gasteiger partial charge on any atom is 0.228 e. The molecule has 0 aromatic rings. The van der Waals surface area contributed by atoms with Crippen molar-refractivity contribution in [3.05, 3.63) is 10.1 Å². The summed E-state index contributed by atoms with van der Waals surface area (Å²) >= 11 is 0. The molecule has 4 nitrogen and oxygen atoms in total. The summed E-state index contributed by atoms with van der Waals surface area (Å²) < 4.78 is 4.91. The topological polar surface area (TPSA) is 52.4 Å². The van der Waals surface area contributed by atoms with Crippen LogP contribution in [0.4, 0.5) is 0 Å². The number of rotatable bonds is 4. The van der Waals surface area contributed by atoms with Gasteiger partial charge in [-0.25, -0.2) is 0 Å². The molecule has 0 aliphatic rings. The first kappa shape index (κ1) is 8.58. The number of nitro groups is 1. The molecule has 0 saturated heterocycles. The third kappa shape index (κ3) is 4.10. The molecule has 0 bridgehead atoms. The predicted molar refractivity (Wildman–Crippen MR) is 37.0 cm³/mol. The SMILES string of the molecule is CCC(C[N+](=O)[O-])O[SiH3]. The quantitative estimate of drug-likeness (QED) is 0.303. The Morgan fingerprint density at radius 1 is 1.89 bits per heavy atom. The zero-order valence-electron chi connectivity index (χ0n) is 5.66. The van der Waals surface area contributed by atoms with Crippen LogP contribution in [0.3, 0.4) is 0 Å². The molecule has 0 spiro atoms. The molecule has 1 atom stereocenters. The number of hydrogen-bond donors (Lipinski definition) is 0. The van der Waals surface area contributed by atoms with Crippen LogP contribution in [0.25, 0.3) is 0 Å². The van der Waals surface area contributed by atoms with Gasteiger partial charge in [0, 0.05) is 4.92 Å². The minimum Gasteiger partial charge on any atom is -0.418 e. The van der Waals surface area contributed by atoms with E-state index >= 15 is 0 Å². The summed E-state index contributed by atoms with van der Waals surface area (Å²) in [5.41, 5.74) is 0. The third-order valence-electron chi connectivity index (χ3n) is 1.14. The fourth-order valence-corrected chi connectivity index (χ4v) is 1.02. The zero-order chi connectivity index (χ0) is 7.28. The third-order valence-corrected chi connectivity index (χ3v) is 1.81. The first-order valence-corrected chi connectivity index (χ1v) is 3.67. The van der Waals surface area contributed by atoms with Gasteiger partial charge in [-0.05, 0) is 6.42 Å². The van der Waals surface area contributed by atoms with Crippen molar-refractivity contribution in [3.63, 3.8) is 0 Å². The lowest BCUT2D eigenvalue weighted by Crippen LogP contribution is -2.21. The van der Waals surface area contributed by atoms with Gasteiger partial charge < -0.3 is 4.43 Å². The average molecular weight is 149 g/mol. The Labute approximate surface area is 56.9 Å². The second-order valence-electron chi connectivity index (χ2n) is 1.78. The van der Waals surface area contributed by atoms with Gasteiger partial charge in [0.05, 0.1) is 0 Å². The summed E-state index contributed by atoms with van der Waals surface area (Å²) in [5, 5.41) is 9.87. The summed E-state index contributed by atoms with van der Waals surface area (Å²) in [6, 6.07) is 0. The Morgan fingerprint density at radius 2 is 2.44 bits per heavy atom. The van der Waals surface area contributed by atoms with Crippen LogP contribution in [0.15, 0.2) is 0 Å². The van der Waals surface area contributed by atoms with Crippen LogP contribution in [0.5, 0.6) is 0 Å². The minimum atomic E-state index is -0.341. The normalized spacial score (nSPS) is 13.4.